The van der Waals surface area contributed by atoms with Crippen molar-refractivity contribution in [3.63, 3.8) is 0 Å². The Balaban J connectivity index is 0.00000336. The fraction of sp³-hybridized carbons (Fsp3) is 0.300. The van der Waals surface area contributed by atoms with E-state index in [1.807, 2.05) is 59.5 Å². The van der Waals surface area contributed by atoms with Gasteiger partial charge in [0.15, 0.2) is 0 Å². The molecule has 0 radical (unpaired) electrons. The number of hydrogen-bond donors (Lipinski definition) is 1. The topological polar surface area (TPSA) is 50.8 Å². The number of nitrogens with one attached hydrogen (secondary N) is 1. The Morgan fingerprint density at radius 2 is 1.71 bits per heavy atom. The van der Waals surface area contributed by atoms with E-state index in [4.69, 9.17) is 32.7 Å². The number of carbonyl (C=O) groups is 1. The van der Waals surface area contributed by atoms with Gasteiger partial charge in [0.25, 0.3) is 0 Å². The lowest BCUT2D eigenvalue weighted by Crippen LogP contribution is -2.54. The van der Waals surface area contributed by atoms with Gasteiger partial charge in [-0.25, -0.2) is 0 Å². The van der Waals surface area contributed by atoms with E-state index in [0.29, 0.717) is 36.3 Å². The molecule has 1 amide bonds. The SMILES string of the molecule is Cl.O=C([C@H](COCc1ccc(Cl)c(Cl)c1)NCc1ccccc1)N1CCC2(C=Cc3ccccc3O2)CC1. The van der Waals surface area contributed by atoms with E-state index in [0.717, 1.165) is 35.3 Å². The van der Waals surface area contributed by atoms with E-state index >= 15 is 0 Å². The van der Waals surface area contributed by atoms with Gasteiger partial charge in [-0.3, -0.25) is 10.1 Å². The lowest BCUT2D eigenvalue weighted by Gasteiger charge is -2.42. The van der Waals surface area contributed by atoms with Crippen LogP contribution in [0.5, 0.6) is 5.75 Å². The van der Waals surface area contributed by atoms with Gasteiger partial charge in [0.05, 0.1) is 23.3 Å². The minimum Gasteiger partial charge on any atom is -0.482 e. The minimum absolute atomic E-state index is 0. The summed E-state index contributed by atoms with van der Waals surface area (Å²) in [4.78, 5) is 15.5. The van der Waals surface area contributed by atoms with E-state index in [2.05, 4.69) is 23.5 Å². The molecule has 2 aliphatic rings. The second-order valence-electron chi connectivity index (χ2n) is 9.55. The maximum absolute atomic E-state index is 13.6. The number of piperidine rings is 1. The van der Waals surface area contributed by atoms with Crippen LogP contribution in [0.25, 0.3) is 6.08 Å². The molecule has 5 rings (SSSR count). The fourth-order valence-electron chi connectivity index (χ4n) is 4.78. The summed E-state index contributed by atoms with van der Waals surface area (Å²) in [5, 5.41) is 4.41. The van der Waals surface area contributed by atoms with Crippen molar-refractivity contribution in [2.24, 2.45) is 0 Å². The summed E-state index contributed by atoms with van der Waals surface area (Å²) in [7, 11) is 0. The quantitative estimate of drug-likeness (QED) is 0.332. The van der Waals surface area contributed by atoms with Crippen molar-refractivity contribution in [1.82, 2.24) is 10.2 Å². The predicted octanol–water partition coefficient (Wildman–Crippen LogP) is 6.56. The predicted molar refractivity (Wildman–Crippen MR) is 155 cm³/mol. The first-order valence-corrected chi connectivity index (χ1v) is 13.3. The van der Waals surface area contributed by atoms with Crippen molar-refractivity contribution >= 4 is 47.6 Å². The first kappa shape index (κ1) is 28.5. The van der Waals surface area contributed by atoms with Gasteiger partial charge < -0.3 is 14.4 Å². The number of likely N-dealkylation sites (tertiary alicyclic amines) is 1. The Bertz CT molecular complexity index is 1260. The molecular formula is C30H31Cl3N2O3. The van der Waals surface area contributed by atoms with Crippen molar-refractivity contribution in [2.45, 2.75) is 37.6 Å². The van der Waals surface area contributed by atoms with Gasteiger partial charge in [-0.2, -0.15) is 0 Å². The maximum Gasteiger partial charge on any atom is 0.242 e. The molecule has 3 aromatic rings. The summed E-state index contributed by atoms with van der Waals surface area (Å²) in [6.07, 6.45) is 5.79. The van der Waals surface area contributed by atoms with Crippen LogP contribution in [-0.4, -0.2) is 42.1 Å². The summed E-state index contributed by atoms with van der Waals surface area (Å²) >= 11 is 12.2. The van der Waals surface area contributed by atoms with Crippen LogP contribution in [0.4, 0.5) is 0 Å². The number of para-hydroxylation sites is 1. The Kier molecular flexibility index (Phi) is 9.74. The molecule has 1 saturated heterocycles. The van der Waals surface area contributed by atoms with Gasteiger partial charge in [0.1, 0.15) is 17.4 Å². The molecule has 0 bridgehead atoms. The number of ether oxygens (including phenoxy) is 2. The number of hydrogen-bond acceptors (Lipinski definition) is 4. The summed E-state index contributed by atoms with van der Waals surface area (Å²) in [5.74, 6) is 0.947. The Hall–Kier alpha value is -2.54. The number of halogens is 3. The van der Waals surface area contributed by atoms with Crippen LogP contribution >= 0.6 is 35.6 Å². The third-order valence-corrected chi connectivity index (χ3v) is 7.69. The summed E-state index contributed by atoms with van der Waals surface area (Å²) in [6, 6.07) is 23.1. The van der Waals surface area contributed by atoms with Crippen molar-refractivity contribution in [3.05, 3.63) is 106 Å². The third-order valence-electron chi connectivity index (χ3n) is 6.95. The molecule has 0 unspecified atom stereocenters. The summed E-state index contributed by atoms with van der Waals surface area (Å²) in [6.45, 7) is 2.42. The van der Waals surface area contributed by atoms with Gasteiger partial charge >= 0.3 is 0 Å². The lowest BCUT2D eigenvalue weighted by atomic mass is 9.88. The highest BCUT2D eigenvalue weighted by Gasteiger charge is 2.39. The minimum atomic E-state index is -0.472. The molecule has 1 fully saturated rings. The molecule has 2 heterocycles. The van der Waals surface area contributed by atoms with Gasteiger partial charge in [-0.05, 0) is 35.4 Å². The molecule has 0 aliphatic carbocycles. The largest absolute Gasteiger partial charge is 0.482 e. The second-order valence-corrected chi connectivity index (χ2v) is 10.4. The maximum atomic E-state index is 13.6. The number of amides is 1. The standard InChI is InChI=1S/C30H30Cl2N2O3.ClH/c31-25-11-10-23(18-26(25)32)20-36-21-27(33-19-22-6-2-1-3-7-22)29(35)34-16-14-30(15-17-34)13-12-24-8-4-5-9-28(24)37-30;/h1-13,18,27,33H,14-17,19-21H2;1H/t27-;/m0./s1. The molecule has 2 aliphatic heterocycles. The van der Waals surface area contributed by atoms with Crippen LogP contribution in [0.15, 0.2) is 78.9 Å². The first-order valence-electron chi connectivity index (χ1n) is 12.6. The number of rotatable bonds is 8. The second kappa shape index (κ2) is 13.0. The van der Waals surface area contributed by atoms with Gasteiger partial charge in [0, 0.05) is 38.0 Å². The molecule has 200 valence electrons. The molecule has 3 aromatic carbocycles. The van der Waals surface area contributed by atoms with E-state index in [9.17, 15) is 4.79 Å². The highest BCUT2D eigenvalue weighted by molar-refractivity contribution is 6.42. The smallest absolute Gasteiger partial charge is 0.242 e. The zero-order valence-corrected chi connectivity index (χ0v) is 23.3. The Morgan fingerprint density at radius 1 is 0.974 bits per heavy atom. The third kappa shape index (κ3) is 6.90. The first-order chi connectivity index (χ1) is 18.0. The summed E-state index contributed by atoms with van der Waals surface area (Å²) in [5.41, 5.74) is 2.76. The van der Waals surface area contributed by atoms with E-state index in [1.54, 1.807) is 12.1 Å². The van der Waals surface area contributed by atoms with Gasteiger partial charge in [-0.1, -0.05) is 83.9 Å². The van der Waals surface area contributed by atoms with E-state index in [1.165, 1.54) is 0 Å². The van der Waals surface area contributed by atoms with Crippen LogP contribution in [0.3, 0.4) is 0 Å². The van der Waals surface area contributed by atoms with Crippen molar-refractivity contribution in [2.75, 3.05) is 19.7 Å². The zero-order chi connectivity index (χ0) is 25.7. The van der Waals surface area contributed by atoms with Crippen molar-refractivity contribution < 1.29 is 14.3 Å². The van der Waals surface area contributed by atoms with Crippen LogP contribution in [0, 0.1) is 0 Å². The average molecular weight is 574 g/mol. The number of benzene rings is 3. The van der Waals surface area contributed by atoms with Crippen LogP contribution < -0.4 is 10.1 Å². The van der Waals surface area contributed by atoms with Crippen molar-refractivity contribution in [3.8, 4) is 5.75 Å². The molecule has 1 N–H and O–H groups in total. The number of nitrogens with zero attached hydrogens (tertiary/aromatic N) is 1. The van der Waals surface area contributed by atoms with E-state index < -0.39 is 6.04 Å². The molecule has 1 spiro atoms. The van der Waals surface area contributed by atoms with Crippen molar-refractivity contribution in [1.29, 1.82) is 0 Å². The normalized spacial score (nSPS) is 16.3. The highest BCUT2D eigenvalue weighted by Crippen LogP contribution is 2.37. The molecule has 0 saturated carbocycles. The van der Waals surface area contributed by atoms with E-state index in [-0.39, 0.29) is 30.5 Å². The van der Waals surface area contributed by atoms with Gasteiger partial charge in [0.2, 0.25) is 5.91 Å². The summed E-state index contributed by atoms with van der Waals surface area (Å²) < 4.78 is 12.4. The monoisotopic (exact) mass is 572 g/mol. The highest BCUT2D eigenvalue weighted by atomic mass is 35.5. The molecule has 5 nitrogen and oxygen atoms in total. The zero-order valence-electron chi connectivity index (χ0n) is 20.9. The molecule has 1 atom stereocenters. The number of carbonyl (C=O) groups excluding carboxylic acids is 1. The molecular weight excluding hydrogens is 543 g/mol. The number of fused-ring (bicyclic) bond motifs is 1. The van der Waals surface area contributed by atoms with Crippen LogP contribution in [-0.2, 0) is 22.7 Å². The average Bonchev–Trinajstić information content (AvgIpc) is 2.93. The molecule has 0 aromatic heterocycles. The van der Waals surface area contributed by atoms with Gasteiger partial charge in [-0.15, -0.1) is 12.4 Å². The fourth-order valence-corrected chi connectivity index (χ4v) is 5.10. The van der Waals surface area contributed by atoms with Crippen LogP contribution in [0.1, 0.15) is 29.5 Å². The molecule has 8 heteroatoms. The lowest BCUT2D eigenvalue weighted by molar-refractivity contribution is -0.138. The Morgan fingerprint density at radius 3 is 2.47 bits per heavy atom. The molecule has 38 heavy (non-hydrogen) atoms. The Labute approximate surface area is 240 Å². The van der Waals surface area contributed by atoms with Crippen LogP contribution in [0.2, 0.25) is 10.0 Å².